The fourth-order valence-electron chi connectivity index (χ4n) is 2.39. The minimum Gasteiger partial charge on any atom is -0.381 e. The minimum absolute atomic E-state index is 0. The van der Waals surface area contributed by atoms with Crippen LogP contribution in [0.4, 0.5) is 0 Å². The van der Waals surface area contributed by atoms with Gasteiger partial charge in [0, 0.05) is 19.8 Å². The topological polar surface area (TPSA) is 64.4 Å². The van der Waals surface area contributed by atoms with Gasteiger partial charge in [-0.2, -0.15) is 0 Å². The van der Waals surface area contributed by atoms with Crippen LogP contribution >= 0.6 is 12.4 Å². The van der Waals surface area contributed by atoms with Gasteiger partial charge < -0.3 is 15.8 Å². The fourth-order valence-corrected chi connectivity index (χ4v) is 2.39. The fraction of sp³-hybridized carbons (Fsp3) is 0.917. The lowest BCUT2D eigenvalue weighted by molar-refractivity contribution is -0.130. The molecule has 1 heterocycles. The van der Waals surface area contributed by atoms with Gasteiger partial charge in [-0.15, -0.1) is 12.4 Å². The van der Waals surface area contributed by atoms with Crippen LogP contribution in [0.1, 0.15) is 39.0 Å². The van der Waals surface area contributed by atoms with E-state index < -0.39 is 5.54 Å². The second-order valence-corrected chi connectivity index (χ2v) is 5.62. The van der Waals surface area contributed by atoms with Crippen molar-refractivity contribution in [2.45, 2.75) is 44.6 Å². The van der Waals surface area contributed by atoms with E-state index >= 15 is 0 Å². The maximum Gasteiger partial charge on any atom is 0.240 e. The summed E-state index contributed by atoms with van der Waals surface area (Å²) in [5, 5.41) is 3.02. The minimum atomic E-state index is -0.696. The third-order valence-corrected chi connectivity index (χ3v) is 4.07. The molecule has 0 spiro atoms. The van der Waals surface area contributed by atoms with E-state index in [4.69, 9.17) is 10.5 Å². The van der Waals surface area contributed by atoms with Gasteiger partial charge in [-0.25, -0.2) is 0 Å². The van der Waals surface area contributed by atoms with E-state index in [1.54, 1.807) is 0 Å². The molecule has 4 nitrogen and oxygen atoms in total. The number of halogens is 1. The first-order valence-corrected chi connectivity index (χ1v) is 6.19. The summed E-state index contributed by atoms with van der Waals surface area (Å²) >= 11 is 0. The Morgan fingerprint density at radius 2 is 1.88 bits per heavy atom. The van der Waals surface area contributed by atoms with Crippen LogP contribution in [-0.4, -0.2) is 31.2 Å². The third kappa shape index (κ3) is 3.33. The highest BCUT2D eigenvalue weighted by Crippen LogP contribution is 2.39. The Morgan fingerprint density at radius 1 is 1.29 bits per heavy atom. The van der Waals surface area contributed by atoms with Gasteiger partial charge in [0.05, 0.1) is 5.54 Å². The van der Waals surface area contributed by atoms with E-state index in [-0.39, 0.29) is 18.3 Å². The molecule has 1 aliphatic heterocycles. The molecule has 1 saturated carbocycles. The van der Waals surface area contributed by atoms with Crippen LogP contribution in [0.3, 0.4) is 0 Å². The second kappa shape index (κ2) is 5.55. The van der Waals surface area contributed by atoms with Crippen molar-refractivity contribution in [2.24, 2.45) is 11.1 Å². The number of nitrogens with two attached hydrogens (primary N) is 1. The van der Waals surface area contributed by atoms with E-state index in [1.807, 2.05) is 0 Å². The first-order chi connectivity index (χ1) is 7.54. The average molecular weight is 263 g/mol. The Kier molecular flexibility index (Phi) is 4.81. The summed E-state index contributed by atoms with van der Waals surface area (Å²) in [4.78, 5) is 12.0. The molecule has 0 unspecified atom stereocenters. The van der Waals surface area contributed by atoms with Crippen molar-refractivity contribution in [3.8, 4) is 0 Å². The quantitative estimate of drug-likeness (QED) is 0.804. The lowest BCUT2D eigenvalue weighted by Crippen LogP contribution is -2.58. The lowest BCUT2D eigenvalue weighted by atomic mass is 9.70. The molecule has 3 N–H and O–H groups in total. The summed E-state index contributed by atoms with van der Waals surface area (Å²) in [5.41, 5.74) is 5.72. The van der Waals surface area contributed by atoms with E-state index in [0.717, 1.165) is 6.54 Å². The van der Waals surface area contributed by atoms with Crippen LogP contribution in [-0.2, 0) is 9.53 Å². The van der Waals surface area contributed by atoms with Crippen LogP contribution in [0.2, 0.25) is 0 Å². The molecular formula is C12H23ClN2O2. The number of nitrogens with one attached hydrogen (secondary N) is 1. The van der Waals surface area contributed by atoms with Crippen LogP contribution in [0.15, 0.2) is 0 Å². The molecule has 100 valence electrons. The Labute approximate surface area is 109 Å². The molecule has 1 aliphatic carbocycles. The van der Waals surface area contributed by atoms with Gasteiger partial charge in [-0.05, 0) is 31.1 Å². The summed E-state index contributed by atoms with van der Waals surface area (Å²) in [5.74, 6) is 0.00363. The Morgan fingerprint density at radius 3 is 2.35 bits per heavy atom. The number of ether oxygens (including phenoxy) is 1. The zero-order valence-electron chi connectivity index (χ0n) is 10.5. The summed E-state index contributed by atoms with van der Waals surface area (Å²) in [7, 11) is 0. The van der Waals surface area contributed by atoms with Crippen molar-refractivity contribution in [2.75, 3.05) is 19.8 Å². The molecule has 2 aliphatic rings. The number of rotatable bonds is 3. The largest absolute Gasteiger partial charge is 0.381 e. The second-order valence-electron chi connectivity index (χ2n) is 5.62. The van der Waals surface area contributed by atoms with Crippen LogP contribution in [0.5, 0.6) is 0 Å². The van der Waals surface area contributed by atoms with Crippen LogP contribution in [0, 0.1) is 5.41 Å². The number of amides is 1. The van der Waals surface area contributed by atoms with Crippen molar-refractivity contribution >= 4 is 18.3 Å². The molecule has 1 saturated heterocycles. The monoisotopic (exact) mass is 262 g/mol. The van der Waals surface area contributed by atoms with Gasteiger partial charge in [-0.1, -0.05) is 13.3 Å². The standard InChI is InChI=1S/C12H22N2O2.ClH/c1-11(3-2-4-11)9-14-10(15)12(13)5-7-16-8-6-12;/h2-9,13H2,1H3,(H,14,15);1H. The molecule has 2 fully saturated rings. The molecule has 0 aromatic heterocycles. The molecular weight excluding hydrogens is 240 g/mol. The van der Waals surface area contributed by atoms with Gasteiger partial charge in [0.15, 0.2) is 0 Å². The molecule has 1 amide bonds. The highest BCUT2D eigenvalue weighted by atomic mass is 35.5. The first-order valence-electron chi connectivity index (χ1n) is 6.19. The first kappa shape index (κ1) is 14.7. The van der Waals surface area contributed by atoms with E-state index in [1.165, 1.54) is 19.3 Å². The van der Waals surface area contributed by atoms with Gasteiger partial charge >= 0.3 is 0 Å². The molecule has 0 atom stereocenters. The summed E-state index contributed by atoms with van der Waals surface area (Å²) in [6, 6.07) is 0. The van der Waals surface area contributed by atoms with Crippen molar-refractivity contribution in [3.63, 3.8) is 0 Å². The van der Waals surface area contributed by atoms with Gasteiger partial charge in [0.1, 0.15) is 0 Å². The maximum absolute atomic E-state index is 12.0. The number of hydrogen-bond acceptors (Lipinski definition) is 3. The number of carbonyl (C=O) groups is 1. The molecule has 0 aromatic rings. The summed E-state index contributed by atoms with van der Waals surface area (Å²) in [6.07, 6.45) is 4.99. The molecule has 17 heavy (non-hydrogen) atoms. The van der Waals surface area contributed by atoms with Gasteiger partial charge in [0.2, 0.25) is 5.91 Å². The Hall–Kier alpha value is -0.320. The van der Waals surface area contributed by atoms with Gasteiger partial charge in [-0.3, -0.25) is 4.79 Å². The number of carbonyl (C=O) groups excluding carboxylic acids is 1. The SMILES string of the molecule is CC1(CNC(=O)C2(N)CCOCC2)CCC1.Cl. The summed E-state index contributed by atoms with van der Waals surface area (Å²) < 4.78 is 5.23. The number of hydrogen-bond donors (Lipinski definition) is 2. The summed E-state index contributed by atoms with van der Waals surface area (Å²) in [6.45, 7) is 4.19. The molecule has 2 rings (SSSR count). The lowest BCUT2D eigenvalue weighted by Gasteiger charge is -2.40. The third-order valence-electron chi connectivity index (χ3n) is 4.07. The predicted octanol–water partition coefficient (Wildman–Crippen LogP) is 1.22. The zero-order chi connectivity index (χ0) is 11.6. The van der Waals surface area contributed by atoms with Crippen molar-refractivity contribution < 1.29 is 9.53 Å². The highest BCUT2D eigenvalue weighted by molar-refractivity contribution is 5.86. The van der Waals surface area contributed by atoms with Crippen molar-refractivity contribution in [1.29, 1.82) is 0 Å². The maximum atomic E-state index is 12.0. The van der Waals surface area contributed by atoms with E-state index in [2.05, 4.69) is 12.2 Å². The van der Waals surface area contributed by atoms with Crippen LogP contribution < -0.4 is 11.1 Å². The predicted molar refractivity (Wildman–Crippen MR) is 69.2 cm³/mol. The molecule has 0 bridgehead atoms. The zero-order valence-corrected chi connectivity index (χ0v) is 11.3. The molecule has 5 heteroatoms. The molecule has 0 radical (unpaired) electrons. The van der Waals surface area contributed by atoms with E-state index in [9.17, 15) is 4.79 Å². The smallest absolute Gasteiger partial charge is 0.240 e. The molecule has 0 aromatic carbocycles. The van der Waals surface area contributed by atoms with Crippen molar-refractivity contribution in [3.05, 3.63) is 0 Å². The van der Waals surface area contributed by atoms with Gasteiger partial charge in [0.25, 0.3) is 0 Å². The highest BCUT2D eigenvalue weighted by Gasteiger charge is 2.38. The van der Waals surface area contributed by atoms with Crippen LogP contribution in [0.25, 0.3) is 0 Å². The Balaban J connectivity index is 0.00000144. The Bertz CT molecular complexity index is 274. The normalized spacial score (nSPS) is 25.3. The average Bonchev–Trinajstić information content (AvgIpc) is 2.24. The van der Waals surface area contributed by atoms with E-state index in [0.29, 0.717) is 31.5 Å². The van der Waals surface area contributed by atoms with Crippen molar-refractivity contribution in [1.82, 2.24) is 5.32 Å².